The lowest BCUT2D eigenvalue weighted by Gasteiger charge is -2.24. The molecule has 0 spiro atoms. The Balaban J connectivity index is 1.67. The molecule has 0 aromatic carbocycles. The van der Waals surface area contributed by atoms with E-state index in [2.05, 4.69) is 15.6 Å². The van der Waals surface area contributed by atoms with Crippen LogP contribution in [0.25, 0.3) is 0 Å². The zero-order valence-electron chi connectivity index (χ0n) is 15.8. The van der Waals surface area contributed by atoms with Crippen molar-refractivity contribution in [2.45, 2.75) is 44.6 Å². The number of ether oxygens (including phenoxy) is 2. The van der Waals surface area contributed by atoms with E-state index in [0.717, 1.165) is 58.1 Å². The average molecular weight is 354 g/mol. The number of amides is 1. The van der Waals surface area contributed by atoms with E-state index in [1.54, 1.807) is 19.0 Å². The molecule has 1 unspecified atom stereocenters. The summed E-state index contributed by atoms with van der Waals surface area (Å²) in [7, 11) is 3.48. The number of carbonyl (C=O) groups is 1. The molecule has 1 amide bonds. The van der Waals surface area contributed by atoms with E-state index < -0.39 is 0 Å². The van der Waals surface area contributed by atoms with Gasteiger partial charge in [0, 0.05) is 47.0 Å². The number of nitrogens with one attached hydrogen (secondary N) is 2. The molecule has 1 aliphatic carbocycles. The van der Waals surface area contributed by atoms with Crippen molar-refractivity contribution in [1.82, 2.24) is 15.5 Å². The first kappa shape index (κ1) is 20.0. The smallest absolute Gasteiger partial charge is 0.243 e. The highest BCUT2D eigenvalue weighted by molar-refractivity contribution is 5.84. The zero-order valence-corrected chi connectivity index (χ0v) is 15.8. The monoisotopic (exact) mass is 354 g/mol. The van der Waals surface area contributed by atoms with Crippen molar-refractivity contribution in [3.63, 3.8) is 0 Å². The topological polar surface area (TPSA) is 75.2 Å². The molecule has 2 fully saturated rings. The van der Waals surface area contributed by atoms with Crippen molar-refractivity contribution in [2.24, 2.45) is 10.9 Å². The molecule has 0 aromatic heterocycles. The largest absolute Gasteiger partial charge is 0.381 e. The molecule has 2 aliphatic rings. The highest BCUT2D eigenvalue weighted by Crippen LogP contribution is 2.28. The molecule has 25 heavy (non-hydrogen) atoms. The van der Waals surface area contributed by atoms with Gasteiger partial charge in [0.05, 0.1) is 6.10 Å². The lowest BCUT2D eigenvalue weighted by Crippen LogP contribution is -2.43. The zero-order chi connectivity index (χ0) is 17.9. The molecular formula is C18H34N4O3. The second kappa shape index (κ2) is 11.3. The first-order valence-electron chi connectivity index (χ1n) is 9.57. The third kappa shape index (κ3) is 9.07. The number of nitrogens with zero attached hydrogens (tertiary/aromatic N) is 2. The predicted molar refractivity (Wildman–Crippen MR) is 98.8 cm³/mol. The van der Waals surface area contributed by atoms with E-state index in [4.69, 9.17) is 9.47 Å². The van der Waals surface area contributed by atoms with Crippen molar-refractivity contribution < 1.29 is 14.3 Å². The molecule has 0 radical (unpaired) electrons. The van der Waals surface area contributed by atoms with Gasteiger partial charge in [-0.2, -0.15) is 0 Å². The summed E-state index contributed by atoms with van der Waals surface area (Å²) in [5, 5.41) is 6.60. The van der Waals surface area contributed by atoms with Crippen LogP contribution in [-0.2, 0) is 14.3 Å². The van der Waals surface area contributed by atoms with Gasteiger partial charge in [-0.15, -0.1) is 0 Å². The summed E-state index contributed by atoms with van der Waals surface area (Å²) in [6.45, 7) is 4.14. The maximum atomic E-state index is 11.8. The van der Waals surface area contributed by atoms with E-state index in [1.807, 2.05) is 0 Å². The quantitative estimate of drug-likeness (QED) is 0.348. The van der Waals surface area contributed by atoms with Crippen molar-refractivity contribution in [2.75, 3.05) is 53.6 Å². The van der Waals surface area contributed by atoms with Crippen LogP contribution in [0.15, 0.2) is 4.99 Å². The van der Waals surface area contributed by atoms with Crippen LogP contribution in [0.1, 0.15) is 38.5 Å². The summed E-state index contributed by atoms with van der Waals surface area (Å²) in [5.41, 5.74) is 0. The Morgan fingerprint density at radius 2 is 2.08 bits per heavy atom. The van der Waals surface area contributed by atoms with Crippen LogP contribution in [0.2, 0.25) is 0 Å². The van der Waals surface area contributed by atoms with Crippen LogP contribution in [0.3, 0.4) is 0 Å². The summed E-state index contributed by atoms with van der Waals surface area (Å²) in [6.07, 6.45) is 7.23. The number of aliphatic imine (C=N–C) groups is 1. The second-order valence-corrected chi connectivity index (χ2v) is 7.12. The first-order chi connectivity index (χ1) is 12.1. The van der Waals surface area contributed by atoms with E-state index in [-0.39, 0.29) is 18.6 Å². The molecule has 0 aromatic rings. The maximum Gasteiger partial charge on any atom is 0.243 e. The van der Waals surface area contributed by atoms with E-state index >= 15 is 0 Å². The minimum atomic E-state index is -0.0113. The SMILES string of the molecule is CN(C)C(=O)CN=C(NCCCOCC1CC1)NCC1CCCCO1. The maximum absolute atomic E-state index is 11.8. The standard InChI is InChI=1S/C18H34N4O3/c1-22(2)17(23)13-21-18(20-12-16-6-3-4-11-25-16)19-9-5-10-24-14-15-7-8-15/h15-16H,3-14H2,1-2H3,(H2,19,20,21). The van der Waals surface area contributed by atoms with Gasteiger partial charge in [-0.25, -0.2) is 4.99 Å². The Morgan fingerprint density at radius 1 is 1.24 bits per heavy atom. The third-order valence-corrected chi connectivity index (χ3v) is 4.45. The van der Waals surface area contributed by atoms with Crippen LogP contribution >= 0.6 is 0 Å². The Bertz CT molecular complexity index is 419. The number of hydrogen-bond donors (Lipinski definition) is 2. The molecule has 1 atom stereocenters. The molecule has 1 aliphatic heterocycles. The lowest BCUT2D eigenvalue weighted by atomic mass is 10.1. The molecule has 144 valence electrons. The van der Waals surface area contributed by atoms with Crippen LogP contribution in [-0.4, -0.2) is 76.4 Å². The van der Waals surface area contributed by atoms with Crippen molar-refractivity contribution in [1.29, 1.82) is 0 Å². The van der Waals surface area contributed by atoms with Crippen molar-refractivity contribution in [3.8, 4) is 0 Å². The molecule has 7 heteroatoms. The van der Waals surface area contributed by atoms with Crippen LogP contribution in [0, 0.1) is 5.92 Å². The third-order valence-electron chi connectivity index (χ3n) is 4.45. The number of carbonyl (C=O) groups excluding carboxylic acids is 1. The van der Waals surface area contributed by atoms with Crippen molar-refractivity contribution in [3.05, 3.63) is 0 Å². The molecule has 1 saturated carbocycles. The van der Waals surface area contributed by atoms with Gasteiger partial charge in [0.25, 0.3) is 0 Å². The average Bonchev–Trinajstić information content (AvgIpc) is 3.44. The predicted octanol–water partition coefficient (Wildman–Crippen LogP) is 0.996. The van der Waals surface area contributed by atoms with Crippen molar-refractivity contribution >= 4 is 11.9 Å². The van der Waals surface area contributed by atoms with Crippen LogP contribution in [0.4, 0.5) is 0 Å². The Hall–Kier alpha value is -1.34. The fourth-order valence-corrected chi connectivity index (χ4v) is 2.56. The fourth-order valence-electron chi connectivity index (χ4n) is 2.56. The van der Waals surface area contributed by atoms with Gasteiger partial charge in [-0.05, 0) is 44.4 Å². The normalized spacial score (nSPS) is 21.0. The van der Waals surface area contributed by atoms with Crippen LogP contribution in [0.5, 0.6) is 0 Å². The van der Waals surface area contributed by atoms with E-state index in [1.165, 1.54) is 19.3 Å². The molecular weight excluding hydrogens is 320 g/mol. The lowest BCUT2D eigenvalue weighted by molar-refractivity contribution is -0.127. The number of hydrogen-bond acceptors (Lipinski definition) is 4. The van der Waals surface area contributed by atoms with Gasteiger partial charge >= 0.3 is 0 Å². The molecule has 2 rings (SSSR count). The summed E-state index contributed by atoms with van der Waals surface area (Å²) in [5.74, 6) is 1.47. The van der Waals surface area contributed by atoms with Crippen LogP contribution < -0.4 is 10.6 Å². The Kier molecular flexibility index (Phi) is 9.04. The minimum Gasteiger partial charge on any atom is -0.381 e. The first-order valence-corrected chi connectivity index (χ1v) is 9.57. The molecule has 7 nitrogen and oxygen atoms in total. The Morgan fingerprint density at radius 3 is 2.76 bits per heavy atom. The molecule has 0 bridgehead atoms. The molecule has 2 N–H and O–H groups in total. The van der Waals surface area contributed by atoms with Gasteiger partial charge in [0.15, 0.2) is 5.96 Å². The van der Waals surface area contributed by atoms with Gasteiger partial charge in [0.2, 0.25) is 5.91 Å². The van der Waals surface area contributed by atoms with E-state index in [0.29, 0.717) is 5.96 Å². The number of rotatable bonds is 10. The van der Waals surface area contributed by atoms with E-state index in [9.17, 15) is 4.79 Å². The van der Waals surface area contributed by atoms with Gasteiger partial charge in [0.1, 0.15) is 6.54 Å². The summed E-state index contributed by atoms with van der Waals surface area (Å²) >= 11 is 0. The highest BCUT2D eigenvalue weighted by atomic mass is 16.5. The second-order valence-electron chi connectivity index (χ2n) is 7.12. The number of likely N-dealkylation sites (N-methyl/N-ethyl adjacent to an activating group) is 1. The minimum absolute atomic E-state index is 0.0113. The van der Waals surface area contributed by atoms with Gasteiger partial charge in [-0.3, -0.25) is 4.79 Å². The summed E-state index contributed by atoms with van der Waals surface area (Å²) < 4.78 is 11.4. The van der Waals surface area contributed by atoms with Gasteiger partial charge in [-0.1, -0.05) is 0 Å². The summed E-state index contributed by atoms with van der Waals surface area (Å²) in [4.78, 5) is 17.7. The van der Waals surface area contributed by atoms with Gasteiger partial charge < -0.3 is 25.0 Å². The Labute approximate surface area is 151 Å². The highest BCUT2D eigenvalue weighted by Gasteiger charge is 2.20. The molecule has 1 saturated heterocycles. The fraction of sp³-hybridized carbons (Fsp3) is 0.889. The molecule has 1 heterocycles. The number of guanidine groups is 1. The summed E-state index contributed by atoms with van der Waals surface area (Å²) in [6, 6.07) is 0.